The van der Waals surface area contributed by atoms with E-state index >= 15 is 0 Å². The smallest absolute Gasteiger partial charge is 0.0270 e. The minimum atomic E-state index is 1.22. The van der Waals surface area contributed by atoms with E-state index in [1.165, 1.54) is 177 Å². The molecule has 2 aromatic rings. The number of unbranched alkanes of at least 4 members (excludes halogenated alkanes) is 20. The molecule has 0 bridgehead atoms. The third-order valence-electron chi connectivity index (χ3n) is 7.97. The van der Waals surface area contributed by atoms with E-state index in [4.69, 9.17) is 0 Å². The number of pyridine rings is 2. The Balaban J connectivity index is 1.16. The molecule has 2 heterocycles. The van der Waals surface area contributed by atoms with Gasteiger partial charge in [-0.2, -0.15) is 0 Å². The zero-order valence-electron chi connectivity index (χ0n) is 25.7. The fourth-order valence-electron chi connectivity index (χ4n) is 5.38. The Kier molecular flexibility index (Phi) is 24.8. The first-order valence-corrected chi connectivity index (χ1v) is 19.5. The Labute approximate surface area is 256 Å². The van der Waals surface area contributed by atoms with Crippen molar-refractivity contribution < 1.29 is 0 Å². The molecule has 0 aliphatic heterocycles. The second-order valence-corrected chi connectivity index (χ2v) is 14.3. The Morgan fingerprint density at radius 1 is 0.325 bits per heavy atom. The highest BCUT2D eigenvalue weighted by atomic mass is 33.1. The van der Waals surface area contributed by atoms with Gasteiger partial charge in [0, 0.05) is 36.3 Å². The lowest BCUT2D eigenvalue weighted by Crippen LogP contribution is -1.87. The molecule has 0 spiro atoms. The van der Waals surface area contributed by atoms with Gasteiger partial charge in [-0.25, -0.2) is 0 Å². The highest BCUT2D eigenvalue weighted by molar-refractivity contribution is 8.76. The molecule has 0 radical (unpaired) electrons. The molecule has 226 valence electrons. The number of nitrogens with zero attached hydrogens (tertiary/aromatic N) is 2. The van der Waals surface area contributed by atoms with E-state index in [2.05, 4.69) is 55.8 Å². The number of aromatic nitrogens is 2. The lowest BCUT2D eigenvalue weighted by molar-refractivity contribution is 0.550. The average Bonchev–Trinajstić information content (AvgIpc) is 2.99. The van der Waals surface area contributed by atoms with E-state index in [9.17, 15) is 0 Å². The summed E-state index contributed by atoms with van der Waals surface area (Å²) in [7, 11) is 4.25. The number of hydrogen-bond donors (Lipinski definition) is 0. The third kappa shape index (κ3) is 22.7. The average molecular weight is 585 g/mol. The van der Waals surface area contributed by atoms with Gasteiger partial charge in [0.15, 0.2) is 0 Å². The fraction of sp³-hybridized carbons (Fsp3) is 0.722. The highest BCUT2D eigenvalue weighted by Gasteiger charge is 1.98. The third-order valence-corrected chi connectivity index (χ3v) is 10.5. The van der Waals surface area contributed by atoms with Gasteiger partial charge in [0.25, 0.3) is 0 Å². The van der Waals surface area contributed by atoms with Gasteiger partial charge in [-0.05, 0) is 73.9 Å². The van der Waals surface area contributed by atoms with E-state index < -0.39 is 0 Å². The van der Waals surface area contributed by atoms with Crippen LogP contribution in [0.1, 0.15) is 152 Å². The molecule has 0 aliphatic rings. The Morgan fingerprint density at radius 2 is 0.575 bits per heavy atom. The van der Waals surface area contributed by atoms with Crippen molar-refractivity contribution in [1.82, 2.24) is 9.97 Å². The maximum Gasteiger partial charge on any atom is 0.0270 e. The molecular weight excluding hydrogens is 525 g/mol. The van der Waals surface area contributed by atoms with Crippen molar-refractivity contribution >= 4 is 21.6 Å². The van der Waals surface area contributed by atoms with Crippen LogP contribution in [0.5, 0.6) is 0 Å². The predicted octanol–water partition coefficient (Wildman–Crippen LogP) is 12.2. The van der Waals surface area contributed by atoms with E-state index in [-0.39, 0.29) is 0 Å². The molecule has 0 N–H and O–H groups in total. The number of hydrogen-bond acceptors (Lipinski definition) is 4. The van der Waals surface area contributed by atoms with Gasteiger partial charge >= 0.3 is 0 Å². The molecule has 0 fully saturated rings. The Bertz CT molecular complexity index is 690. The molecule has 2 nitrogen and oxygen atoms in total. The maximum absolute atomic E-state index is 4.09. The monoisotopic (exact) mass is 584 g/mol. The molecule has 0 saturated carbocycles. The molecule has 0 unspecified atom stereocenters. The van der Waals surface area contributed by atoms with Crippen molar-refractivity contribution in [3.63, 3.8) is 0 Å². The first-order valence-electron chi connectivity index (χ1n) is 17.0. The van der Waals surface area contributed by atoms with Crippen LogP contribution in [-0.4, -0.2) is 21.5 Å². The normalized spacial score (nSPS) is 11.3. The summed E-state index contributed by atoms with van der Waals surface area (Å²) in [5.74, 6) is 2.71. The highest BCUT2D eigenvalue weighted by Crippen LogP contribution is 2.25. The van der Waals surface area contributed by atoms with Gasteiger partial charge < -0.3 is 0 Å². The van der Waals surface area contributed by atoms with Crippen molar-refractivity contribution in [3.8, 4) is 0 Å². The Hall–Kier alpha value is -1.00. The molecule has 0 aliphatic carbocycles. The number of rotatable bonds is 29. The van der Waals surface area contributed by atoms with Crippen molar-refractivity contribution in [2.24, 2.45) is 0 Å². The maximum atomic E-state index is 4.09. The van der Waals surface area contributed by atoms with Gasteiger partial charge in [0.2, 0.25) is 0 Å². The molecule has 2 rings (SSSR count). The van der Waals surface area contributed by atoms with Crippen LogP contribution in [0.2, 0.25) is 0 Å². The fourth-order valence-corrected chi connectivity index (χ4v) is 7.67. The first kappa shape index (κ1) is 35.2. The van der Waals surface area contributed by atoms with Crippen LogP contribution in [0, 0.1) is 0 Å². The van der Waals surface area contributed by atoms with Crippen LogP contribution < -0.4 is 0 Å². The SMILES string of the molecule is c1cc(CCCCCCCCCCCCCSSCCCCCCCCCCCCCc2ccncc2)ccn1. The molecule has 40 heavy (non-hydrogen) atoms. The van der Waals surface area contributed by atoms with Crippen LogP contribution in [0.3, 0.4) is 0 Å². The lowest BCUT2D eigenvalue weighted by atomic mass is 10.0. The summed E-state index contributed by atoms with van der Waals surface area (Å²) >= 11 is 0. The van der Waals surface area contributed by atoms with Gasteiger partial charge in [-0.1, -0.05) is 137 Å². The predicted molar refractivity (Wildman–Crippen MR) is 182 cm³/mol. The van der Waals surface area contributed by atoms with Crippen molar-refractivity contribution in [3.05, 3.63) is 60.2 Å². The van der Waals surface area contributed by atoms with Crippen LogP contribution in [0.15, 0.2) is 49.1 Å². The molecule has 0 atom stereocenters. The molecule has 0 amide bonds. The molecular formula is C36H60N2S2. The first-order chi connectivity index (χ1) is 19.9. The Morgan fingerprint density at radius 3 is 0.875 bits per heavy atom. The largest absolute Gasteiger partial charge is 0.265 e. The number of aryl methyl sites for hydroxylation is 2. The summed E-state index contributed by atoms with van der Waals surface area (Å²) in [6.45, 7) is 0. The van der Waals surface area contributed by atoms with E-state index in [0.29, 0.717) is 0 Å². The second kappa shape index (κ2) is 28.1. The van der Waals surface area contributed by atoms with E-state index in [0.717, 1.165) is 0 Å². The van der Waals surface area contributed by atoms with Gasteiger partial charge in [-0.3, -0.25) is 9.97 Å². The van der Waals surface area contributed by atoms with Crippen LogP contribution in [0.25, 0.3) is 0 Å². The van der Waals surface area contributed by atoms with Gasteiger partial charge in [0.1, 0.15) is 0 Å². The lowest BCUT2D eigenvalue weighted by Gasteiger charge is -2.04. The summed E-state index contributed by atoms with van der Waals surface area (Å²) in [5.41, 5.74) is 2.88. The quantitative estimate of drug-likeness (QED) is 0.0701. The van der Waals surface area contributed by atoms with Crippen LogP contribution >= 0.6 is 21.6 Å². The minimum absolute atomic E-state index is 1.22. The van der Waals surface area contributed by atoms with Crippen molar-refractivity contribution in [2.75, 3.05) is 11.5 Å². The van der Waals surface area contributed by atoms with Crippen LogP contribution in [-0.2, 0) is 12.8 Å². The zero-order chi connectivity index (χ0) is 28.0. The molecule has 0 saturated heterocycles. The topological polar surface area (TPSA) is 25.8 Å². The van der Waals surface area contributed by atoms with Gasteiger partial charge in [-0.15, -0.1) is 0 Å². The summed E-state index contributed by atoms with van der Waals surface area (Å²) in [5, 5.41) is 0. The molecule has 2 aromatic heterocycles. The summed E-state index contributed by atoms with van der Waals surface area (Å²) in [6, 6.07) is 8.60. The summed E-state index contributed by atoms with van der Waals surface area (Å²) in [4.78, 5) is 8.19. The van der Waals surface area contributed by atoms with Crippen molar-refractivity contribution in [2.45, 2.75) is 154 Å². The second-order valence-electron chi connectivity index (χ2n) is 11.6. The standard InChI is InChI=1S/C36H60N2S2/c1(3-7-11-15-19-23-35-25-29-37-30-26-35)5-9-13-17-21-33-39-40-34-22-18-14-10-6-2-4-8-12-16-20-24-36-27-31-38-32-28-36/h25-32H,1-24,33-34H2. The minimum Gasteiger partial charge on any atom is -0.265 e. The van der Waals surface area contributed by atoms with E-state index in [1.807, 2.05) is 24.8 Å². The molecule has 0 aromatic carbocycles. The van der Waals surface area contributed by atoms with Crippen LogP contribution in [0.4, 0.5) is 0 Å². The molecule has 4 heteroatoms. The van der Waals surface area contributed by atoms with Gasteiger partial charge in [0.05, 0.1) is 0 Å². The summed E-state index contributed by atoms with van der Waals surface area (Å²) in [6.07, 6.45) is 41.4. The van der Waals surface area contributed by atoms with Crippen molar-refractivity contribution in [1.29, 1.82) is 0 Å². The summed E-state index contributed by atoms with van der Waals surface area (Å²) < 4.78 is 0. The zero-order valence-corrected chi connectivity index (χ0v) is 27.3. The van der Waals surface area contributed by atoms with E-state index in [1.54, 1.807) is 0 Å².